The largest absolute Gasteiger partial charge is 0.496 e. The minimum Gasteiger partial charge on any atom is -0.496 e. The van der Waals surface area contributed by atoms with Crippen molar-refractivity contribution < 1.29 is 9.47 Å². The van der Waals surface area contributed by atoms with Crippen molar-refractivity contribution in [2.24, 2.45) is 0 Å². The third-order valence-electron chi connectivity index (χ3n) is 2.95. The van der Waals surface area contributed by atoms with Crippen molar-refractivity contribution in [1.82, 2.24) is 20.3 Å². The summed E-state index contributed by atoms with van der Waals surface area (Å²) >= 11 is 6.02. The van der Waals surface area contributed by atoms with Gasteiger partial charge in [-0.3, -0.25) is 0 Å². The van der Waals surface area contributed by atoms with Gasteiger partial charge in [-0.15, -0.1) is 5.10 Å². The number of rotatable bonds is 8. The molecule has 0 aliphatic heterocycles. The monoisotopic (exact) mass is 310 g/mol. The first-order valence-electron chi connectivity index (χ1n) is 6.64. The van der Waals surface area contributed by atoms with Crippen LogP contribution in [0.4, 0.5) is 0 Å². The quantitative estimate of drug-likeness (QED) is 0.752. The van der Waals surface area contributed by atoms with Gasteiger partial charge in [-0.05, 0) is 18.2 Å². The lowest BCUT2D eigenvalue weighted by Gasteiger charge is -2.08. The van der Waals surface area contributed by atoms with Crippen molar-refractivity contribution >= 4 is 11.6 Å². The van der Waals surface area contributed by atoms with Crippen molar-refractivity contribution in [1.29, 1.82) is 0 Å². The SMILES string of the molecule is COCCNCc1cn(Cc2cc(Cl)ccc2OC)nn1. The highest BCUT2D eigenvalue weighted by Gasteiger charge is 2.07. The summed E-state index contributed by atoms with van der Waals surface area (Å²) in [5.41, 5.74) is 1.85. The predicted octanol–water partition coefficient (Wildman–Crippen LogP) is 1.72. The second-order valence-electron chi connectivity index (χ2n) is 4.53. The van der Waals surface area contributed by atoms with E-state index in [1.54, 1.807) is 25.0 Å². The summed E-state index contributed by atoms with van der Waals surface area (Å²) in [6.45, 7) is 2.68. The Bertz CT molecular complexity index is 574. The van der Waals surface area contributed by atoms with Crippen LogP contribution in [-0.2, 0) is 17.8 Å². The normalized spacial score (nSPS) is 10.8. The Kier molecular flexibility index (Phi) is 5.98. The molecule has 0 radical (unpaired) electrons. The zero-order valence-corrected chi connectivity index (χ0v) is 12.9. The summed E-state index contributed by atoms with van der Waals surface area (Å²) in [6, 6.07) is 5.52. The Hall–Kier alpha value is -1.63. The molecule has 0 aliphatic carbocycles. The van der Waals surface area contributed by atoms with Gasteiger partial charge in [0.1, 0.15) is 5.75 Å². The molecule has 2 aromatic rings. The molecule has 7 heteroatoms. The maximum absolute atomic E-state index is 6.02. The predicted molar refractivity (Wildman–Crippen MR) is 80.7 cm³/mol. The summed E-state index contributed by atoms with van der Waals surface area (Å²) in [6.07, 6.45) is 1.90. The maximum atomic E-state index is 6.02. The molecule has 0 aliphatic rings. The zero-order chi connectivity index (χ0) is 15.1. The fraction of sp³-hybridized carbons (Fsp3) is 0.429. The number of nitrogens with one attached hydrogen (secondary N) is 1. The lowest BCUT2D eigenvalue weighted by atomic mass is 10.2. The molecular formula is C14H19ClN4O2. The summed E-state index contributed by atoms with van der Waals surface area (Å²) in [7, 11) is 3.32. The van der Waals surface area contributed by atoms with E-state index >= 15 is 0 Å². The van der Waals surface area contributed by atoms with E-state index in [4.69, 9.17) is 21.1 Å². The fourth-order valence-corrected chi connectivity index (χ4v) is 2.13. The minimum atomic E-state index is 0.564. The van der Waals surface area contributed by atoms with E-state index in [-0.39, 0.29) is 0 Å². The number of nitrogens with zero attached hydrogens (tertiary/aromatic N) is 3. The van der Waals surface area contributed by atoms with Crippen LogP contribution in [0.5, 0.6) is 5.75 Å². The van der Waals surface area contributed by atoms with E-state index in [1.807, 2.05) is 18.3 Å². The van der Waals surface area contributed by atoms with Crippen molar-refractivity contribution in [3.05, 3.63) is 40.7 Å². The molecule has 1 N–H and O–H groups in total. The van der Waals surface area contributed by atoms with E-state index in [0.717, 1.165) is 23.6 Å². The van der Waals surface area contributed by atoms with Crippen molar-refractivity contribution in [3.63, 3.8) is 0 Å². The highest BCUT2D eigenvalue weighted by atomic mass is 35.5. The Morgan fingerprint density at radius 1 is 1.33 bits per heavy atom. The second-order valence-corrected chi connectivity index (χ2v) is 4.97. The summed E-state index contributed by atoms with van der Waals surface area (Å²) in [4.78, 5) is 0. The molecule has 0 saturated carbocycles. The second kappa shape index (κ2) is 7.97. The van der Waals surface area contributed by atoms with Gasteiger partial charge in [-0.2, -0.15) is 0 Å². The number of benzene rings is 1. The molecule has 6 nitrogen and oxygen atoms in total. The molecule has 114 valence electrons. The number of methoxy groups -OCH3 is 2. The van der Waals surface area contributed by atoms with Crippen LogP contribution in [0.15, 0.2) is 24.4 Å². The Morgan fingerprint density at radius 2 is 2.19 bits per heavy atom. The van der Waals surface area contributed by atoms with Crippen molar-refractivity contribution in [2.45, 2.75) is 13.1 Å². The number of ether oxygens (including phenoxy) is 2. The van der Waals surface area contributed by atoms with Crippen LogP contribution in [0.1, 0.15) is 11.3 Å². The van der Waals surface area contributed by atoms with E-state index in [0.29, 0.717) is 24.7 Å². The van der Waals surface area contributed by atoms with Crippen LogP contribution in [0.2, 0.25) is 5.02 Å². The van der Waals surface area contributed by atoms with Crippen LogP contribution >= 0.6 is 11.6 Å². The van der Waals surface area contributed by atoms with Gasteiger partial charge in [-0.25, -0.2) is 4.68 Å². The molecule has 1 aromatic carbocycles. The zero-order valence-electron chi connectivity index (χ0n) is 12.2. The van der Waals surface area contributed by atoms with Crippen molar-refractivity contribution in [3.8, 4) is 5.75 Å². The molecule has 2 rings (SSSR count). The topological polar surface area (TPSA) is 61.2 Å². The van der Waals surface area contributed by atoms with Gasteiger partial charge < -0.3 is 14.8 Å². The molecule has 0 saturated heterocycles. The average molecular weight is 311 g/mol. The molecule has 1 aromatic heterocycles. The third kappa shape index (κ3) is 4.70. The van der Waals surface area contributed by atoms with Gasteiger partial charge in [0.15, 0.2) is 0 Å². The van der Waals surface area contributed by atoms with Gasteiger partial charge >= 0.3 is 0 Å². The molecular weight excluding hydrogens is 292 g/mol. The van der Waals surface area contributed by atoms with Gasteiger partial charge in [0, 0.05) is 30.8 Å². The number of hydrogen-bond acceptors (Lipinski definition) is 5. The van der Waals surface area contributed by atoms with Gasteiger partial charge in [-0.1, -0.05) is 16.8 Å². The first-order chi connectivity index (χ1) is 10.2. The summed E-state index contributed by atoms with van der Waals surface area (Å²) < 4.78 is 12.1. The summed E-state index contributed by atoms with van der Waals surface area (Å²) in [5.74, 6) is 0.787. The lowest BCUT2D eigenvalue weighted by Crippen LogP contribution is -2.18. The molecule has 0 unspecified atom stereocenters. The Morgan fingerprint density at radius 3 is 2.95 bits per heavy atom. The van der Waals surface area contributed by atoms with Crippen LogP contribution < -0.4 is 10.1 Å². The fourth-order valence-electron chi connectivity index (χ4n) is 1.93. The van der Waals surface area contributed by atoms with Gasteiger partial charge in [0.2, 0.25) is 0 Å². The lowest BCUT2D eigenvalue weighted by molar-refractivity contribution is 0.199. The molecule has 0 fully saturated rings. The highest BCUT2D eigenvalue weighted by molar-refractivity contribution is 6.30. The van der Waals surface area contributed by atoms with Crippen LogP contribution in [0.3, 0.4) is 0 Å². The van der Waals surface area contributed by atoms with E-state index < -0.39 is 0 Å². The van der Waals surface area contributed by atoms with Crippen LogP contribution in [-0.4, -0.2) is 42.4 Å². The van der Waals surface area contributed by atoms with E-state index in [1.165, 1.54) is 0 Å². The third-order valence-corrected chi connectivity index (χ3v) is 3.19. The van der Waals surface area contributed by atoms with Crippen molar-refractivity contribution in [2.75, 3.05) is 27.4 Å². The molecule has 0 amide bonds. The molecule has 0 spiro atoms. The summed E-state index contributed by atoms with van der Waals surface area (Å²) in [5, 5.41) is 12.1. The number of halogens is 1. The smallest absolute Gasteiger partial charge is 0.124 e. The maximum Gasteiger partial charge on any atom is 0.124 e. The first kappa shape index (κ1) is 15.8. The molecule has 21 heavy (non-hydrogen) atoms. The molecule has 0 atom stereocenters. The van der Waals surface area contributed by atoms with Crippen LogP contribution in [0.25, 0.3) is 0 Å². The molecule has 1 heterocycles. The minimum absolute atomic E-state index is 0.564. The Labute approximate surface area is 129 Å². The van der Waals surface area contributed by atoms with E-state index in [2.05, 4.69) is 15.6 Å². The first-order valence-corrected chi connectivity index (χ1v) is 7.02. The van der Waals surface area contributed by atoms with Gasteiger partial charge in [0.25, 0.3) is 0 Å². The van der Waals surface area contributed by atoms with Gasteiger partial charge in [0.05, 0.1) is 32.2 Å². The standard InChI is InChI=1S/C14H19ClN4O2/c1-20-6-5-16-8-13-10-19(18-17-13)9-11-7-12(15)3-4-14(11)21-2/h3-4,7,10,16H,5-6,8-9H2,1-2H3. The molecule has 0 bridgehead atoms. The number of hydrogen-bond donors (Lipinski definition) is 1. The number of aromatic nitrogens is 3. The van der Waals surface area contributed by atoms with E-state index in [9.17, 15) is 0 Å². The highest BCUT2D eigenvalue weighted by Crippen LogP contribution is 2.23. The van der Waals surface area contributed by atoms with Crippen LogP contribution in [0, 0.1) is 0 Å². The Balaban J connectivity index is 1.97. The average Bonchev–Trinajstić information content (AvgIpc) is 2.91.